The van der Waals surface area contributed by atoms with Crippen molar-refractivity contribution < 1.29 is 18.0 Å². The second-order valence-electron chi connectivity index (χ2n) is 6.68. The Balaban J connectivity index is 2.00. The number of sulfone groups is 1. The van der Waals surface area contributed by atoms with E-state index in [1.165, 1.54) is 24.3 Å². The van der Waals surface area contributed by atoms with E-state index >= 15 is 0 Å². The van der Waals surface area contributed by atoms with Crippen molar-refractivity contribution in [1.82, 2.24) is 0 Å². The molecule has 1 amide bonds. The minimum atomic E-state index is -4.21. The van der Waals surface area contributed by atoms with Crippen LogP contribution in [-0.2, 0) is 14.7 Å². The Kier molecular flexibility index (Phi) is 7.00. The second-order valence-corrected chi connectivity index (χ2v) is 9.36. The van der Waals surface area contributed by atoms with E-state index < -0.39 is 21.0 Å². The van der Waals surface area contributed by atoms with Gasteiger partial charge in [0.05, 0.1) is 20.5 Å². The first-order valence-corrected chi connectivity index (χ1v) is 11.3. The van der Waals surface area contributed by atoms with Gasteiger partial charge in [0.25, 0.3) is 0 Å². The molecular weight excluding hydrogens is 459 g/mol. The smallest absolute Gasteiger partial charge is 0.296 e. The van der Waals surface area contributed by atoms with Gasteiger partial charge < -0.3 is 0 Å². The molecule has 0 spiro atoms. The summed E-state index contributed by atoms with van der Waals surface area (Å²) in [5.41, 5.74) is 2.29. The third kappa shape index (κ3) is 5.44. The maximum absolute atomic E-state index is 13.3. The van der Waals surface area contributed by atoms with Gasteiger partial charge in [0.2, 0.25) is 14.9 Å². The Morgan fingerprint density at radius 1 is 0.871 bits per heavy atom. The highest BCUT2D eigenvalue weighted by atomic mass is 35.5. The van der Waals surface area contributed by atoms with E-state index in [-0.39, 0.29) is 20.5 Å². The topological polar surface area (TPSA) is 84.8 Å². The molecule has 1 N–H and O–H groups in total. The number of rotatable bonds is 4. The standard InChI is InChI=1S/C22H18Cl2N2O4S/c1-14-6-10-16(11-7-14)25-22(27)30-26-21(20-18(23)4-3-5-19(20)24)31(28,29)17-12-8-15(2)9-13-17/h3-13H,1-2H3,(H,25,27)/b26-21+. The summed E-state index contributed by atoms with van der Waals surface area (Å²) < 4.78 is 26.6. The van der Waals surface area contributed by atoms with Crippen molar-refractivity contribution in [2.45, 2.75) is 18.7 Å². The fourth-order valence-electron chi connectivity index (χ4n) is 2.62. The second kappa shape index (κ2) is 9.51. The minimum absolute atomic E-state index is 0.0458. The summed E-state index contributed by atoms with van der Waals surface area (Å²) in [6.07, 6.45) is -0.969. The number of amides is 1. The zero-order valence-corrected chi connectivity index (χ0v) is 18.9. The zero-order valence-electron chi connectivity index (χ0n) is 16.6. The summed E-state index contributed by atoms with van der Waals surface area (Å²) in [4.78, 5) is 17.0. The monoisotopic (exact) mass is 476 g/mol. The number of hydrogen-bond donors (Lipinski definition) is 1. The van der Waals surface area contributed by atoms with Gasteiger partial charge in [-0.3, -0.25) is 10.2 Å². The number of nitrogens with zero attached hydrogens (tertiary/aromatic N) is 1. The molecule has 0 radical (unpaired) electrons. The highest BCUT2D eigenvalue weighted by molar-refractivity contribution is 8.07. The lowest BCUT2D eigenvalue weighted by molar-refractivity contribution is 0.167. The average Bonchev–Trinajstić information content (AvgIpc) is 2.72. The third-order valence-electron chi connectivity index (χ3n) is 4.27. The first-order valence-electron chi connectivity index (χ1n) is 9.07. The van der Waals surface area contributed by atoms with E-state index in [9.17, 15) is 13.2 Å². The van der Waals surface area contributed by atoms with Crippen LogP contribution in [-0.4, -0.2) is 19.6 Å². The molecule has 160 valence electrons. The van der Waals surface area contributed by atoms with Crippen LogP contribution in [0.2, 0.25) is 10.0 Å². The lowest BCUT2D eigenvalue weighted by Crippen LogP contribution is -2.20. The summed E-state index contributed by atoms with van der Waals surface area (Å²) in [5, 5.41) is 5.64. The normalized spacial score (nSPS) is 11.8. The molecule has 0 bridgehead atoms. The number of anilines is 1. The third-order valence-corrected chi connectivity index (χ3v) is 6.58. The van der Waals surface area contributed by atoms with Crippen LogP contribution in [0.1, 0.15) is 16.7 Å². The van der Waals surface area contributed by atoms with Crippen molar-refractivity contribution in [2.75, 3.05) is 5.32 Å². The van der Waals surface area contributed by atoms with E-state index in [2.05, 4.69) is 10.5 Å². The van der Waals surface area contributed by atoms with Crippen LogP contribution in [0.4, 0.5) is 10.5 Å². The summed E-state index contributed by atoms with van der Waals surface area (Å²) in [5.74, 6) is 0. The van der Waals surface area contributed by atoms with Crippen LogP contribution in [0.5, 0.6) is 0 Å². The molecule has 0 saturated carbocycles. The summed E-state index contributed by atoms with van der Waals surface area (Å²) >= 11 is 12.4. The summed E-state index contributed by atoms with van der Waals surface area (Å²) in [6, 6.07) is 17.6. The first kappa shape index (κ1) is 22.8. The van der Waals surface area contributed by atoms with Crippen LogP contribution >= 0.6 is 23.2 Å². The van der Waals surface area contributed by atoms with Gasteiger partial charge in [-0.25, -0.2) is 13.2 Å². The van der Waals surface area contributed by atoms with Crippen LogP contribution in [0.3, 0.4) is 0 Å². The van der Waals surface area contributed by atoms with Gasteiger partial charge in [-0.1, -0.05) is 69.8 Å². The molecule has 0 atom stereocenters. The van der Waals surface area contributed by atoms with Gasteiger partial charge in [0.1, 0.15) is 0 Å². The van der Waals surface area contributed by atoms with E-state index in [4.69, 9.17) is 28.0 Å². The number of aryl methyl sites for hydroxylation is 2. The van der Waals surface area contributed by atoms with E-state index in [0.29, 0.717) is 5.69 Å². The molecule has 0 aliphatic heterocycles. The Morgan fingerprint density at radius 2 is 1.39 bits per heavy atom. The predicted octanol–water partition coefficient (Wildman–Crippen LogP) is 5.99. The number of carbonyl (C=O) groups is 1. The van der Waals surface area contributed by atoms with Crippen molar-refractivity contribution >= 4 is 49.9 Å². The van der Waals surface area contributed by atoms with Crippen LogP contribution < -0.4 is 5.32 Å². The molecule has 0 aliphatic rings. The molecule has 9 heteroatoms. The van der Waals surface area contributed by atoms with Crippen LogP contribution in [0.15, 0.2) is 76.8 Å². The molecule has 6 nitrogen and oxygen atoms in total. The molecule has 0 fully saturated rings. The molecule has 0 heterocycles. The van der Waals surface area contributed by atoms with Gasteiger partial charge in [-0.15, -0.1) is 0 Å². The molecule has 3 aromatic carbocycles. The predicted molar refractivity (Wildman–Crippen MR) is 123 cm³/mol. The van der Waals surface area contributed by atoms with E-state index in [1.54, 1.807) is 42.5 Å². The molecule has 0 unspecified atom stereocenters. The fraction of sp³-hybridized carbons (Fsp3) is 0.0909. The van der Waals surface area contributed by atoms with Gasteiger partial charge >= 0.3 is 6.09 Å². The van der Waals surface area contributed by atoms with E-state index in [1.807, 2.05) is 13.8 Å². The molecule has 3 aromatic rings. The maximum Gasteiger partial charge on any atom is 0.437 e. The van der Waals surface area contributed by atoms with Gasteiger partial charge in [-0.05, 0) is 50.2 Å². The fourth-order valence-corrected chi connectivity index (χ4v) is 4.65. The number of hydrogen-bond acceptors (Lipinski definition) is 5. The number of nitrogens with one attached hydrogen (secondary N) is 1. The van der Waals surface area contributed by atoms with Crippen LogP contribution in [0.25, 0.3) is 0 Å². The molecule has 31 heavy (non-hydrogen) atoms. The Labute approximate surface area is 190 Å². The van der Waals surface area contributed by atoms with Crippen molar-refractivity contribution in [3.8, 4) is 0 Å². The number of benzene rings is 3. The van der Waals surface area contributed by atoms with Crippen LogP contribution in [0, 0.1) is 13.8 Å². The SMILES string of the molecule is Cc1ccc(NC(=O)O/N=C(\c2c(Cl)cccc2Cl)S(=O)(=O)c2ccc(C)cc2)cc1. The van der Waals surface area contributed by atoms with Crippen molar-refractivity contribution in [1.29, 1.82) is 0 Å². The quantitative estimate of drug-likeness (QED) is 0.216. The highest BCUT2D eigenvalue weighted by Crippen LogP contribution is 2.29. The Morgan fingerprint density at radius 3 is 1.94 bits per heavy atom. The first-order chi connectivity index (χ1) is 14.7. The number of oxime groups is 1. The molecule has 0 saturated heterocycles. The van der Waals surface area contributed by atoms with Crippen molar-refractivity contribution in [3.63, 3.8) is 0 Å². The van der Waals surface area contributed by atoms with Crippen molar-refractivity contribution in [2.24, 2.45) is 5.16 Å². The number of carbonyl (C=O) groups excluding carboxylic acids is 1. The van der Waals surface area contributed by atoms with Gasteiger partial charge in [0, 0.05) is 5.69 Å². The maximum atomic E-state index is 13.3. The Hall–Kier alpha value is -2.87. The molecule has 3 rings (SSSR count). The minimum Gasteiger partial charge on any atom is -0.296 e. The highest BCUT2D eigenvalue weighted by Gasteiger charge is 2.29. The molecule has 0 aromatic heterocycles. The van der Waals surface area contributed by atoms with E-state index in [0.717, 1.165) is 11.1 Å². The van der Waals surface area contributed by atoms with Crippen molar-refractivity contribution in [3.05, 3.63) is 93.5 Å². The van der Waals surface area contributed by atoms with Gasteiger partial charge in [-0.2, -0.15) is 0 Å². The van der Waals surface area contributed by atoms with Gasteiger partial charge in [0.15, 0.2) is 0 Å². The zero-order chi connectivity index (χ0) is 22.6. The molecule has 0 aliphatic carbocycles. The lowest BCUT2D eigenvalue weighted by Gasteiger charge is -2.12. The summed E-state index contributed by atoms with van der Waals surface area (Å²) in [6.45, 7) is 3.73. The molecular formula is C22H18Cl2N2O4S. The lowest BCUT2D eigenvalue weighted by atomic mass is 10.2. The summed E-state index contributed by atoms with van der Waals surface area (Å²) in [7, 11) is -4.21. The largest absolute Gasteiger partial charge is 0.437 e. The average molecular weight is 477 g/mol. The Bertz CT molecular complexity index is 1220. The number of halogens is 2.